The molecule has 0 aromatic rings. The maximum absolute atomic E-state index is 13.3. The van der Waals surface area contributed by atoms with E-state index in [1.165, 1.54) is 0 Å². The lowest BCUT2D eigenvalue weighted by molar-refractivity contribution is -0.0750. The summed E-state index contributed by atoms with van der Waals surface area (Å²) < 4.78 is 17.8. The fourth-order valence-corrected chi connectivity index (χ4v) is 5.17. The molecule has 1 N–H and O–H groups in total. The van der Waals surface area contributed by atoms with Gasteiger partial charge in [-0.1, -0.05) is 20.8 Å². The highest BCUT2D eigenvalue weighted by atomic mass is 28.3. The Morgan fingerprint density at radius 3 is 2.00 bits per heavy atom. The van der Waals surface area contributed by atoms with Crippen molar-refractivity contribution in [2.75, 3.05) is 6.54 Å². The summed E-state index contributed by atoms with van der Waals surface area (Å²) in [5.74, 6) is 0.289. The predicted molar refractivity (Wildman–Crippen MR) is 131 cm³/mol. The van der Waals surface area contributed by atoms with E-state index in [1.54, 1.807) is 0 Å². The van der Waals surface area contributed by atoms with Gasteiger partial charge >= 0.3 is 12.2 Å². The Labute approximate surface area is 197 Å². The lowest BCUT2D eigenvalue weighted by Crippen LogP contribution is -2.53. The van der Waals surface area contributed by atoms with Gasteiger partial charge in [0.15, 0.2) is 9.04 Å². The summed E-state index contributed by atoms with van der Waals surface area (Å²) in [7, 11) is -1.49. The molecule has 1 aliphatic rings. The van der Waals surface area contributed by atoms with Gasteiger partial charge in [-0.05, 0) is 92.2 Å². The van der Waals surface area contributed by atoms with Crippen LogP contribution in [-0.4, -0.2) is 55.6 Å². The van der Waals surface area contributed by atoms with E-state index in [0.717, 1.165) is 6.42 Å². The lowest BCUT2D eigenvalue weighted by Gasteiger charge is -2.41. The van der Waals surface area contributed by atoms with Crippen LogP contribution in [0, 0.1) is 11.3 Å². The number of likely N-dealkylation sites (tertiary alicyclic amines) is 1. The van der Waals surface area contributed by atoms with Crippen LogP contribution in [0.5, 0.6) is 0 Å². The van der Waals surface area contributed by atoms with E-state index < -0.39 is 32.1 Å². The van der Waals surface area contributed by atoms with Crippen LogP contribution >= 0.6 is 0 Å². The van der Waals surface area contributed by atoms with Gasteiger partial charge < -0.3 is 19.2 Å². The number of nitrogens with one attached hydrogen (secondary N) is 1. The van der Waals surface area contributed by atoms with Crippen molar-refractivity contribution in [1.29, 1.82) is 0 Å². The fraction of sp³-hybridized carbons (Fsp3) is 0.917. The number of amides is 2. The summed E-state index contributed by atoms with van der Waals surface area (Å²) in [5.41, 5.74) is -1.81. The molecule has 0 bridgehead atoms. The molecule has 8 heteroatoms. The molecular formula is C24H48N2O5Si. The number of hydrogen-bond donors (Lipinski definition) is 1. The Hall–Kier alpha value is -1.28. The Morgan fingerprint density at radius 1 is 1.03 bits per heavy atom. The van der Waals surface area contributed by atoms with Crippen LogP contribution in [0.4, 0.5) is 9.59 Å². The number of rotatable bonds is 6. The third-order valence-electron chi connectivity index (χ3n) is 5.49. The molecule has 0 aliphatic carbocycles. The molecule has 0 spiro atoms. The summed E-state index contributed by atoms with van der Waals surface area (Å²) >= 11 is 0. The molecule has 1 aliphatic heterocycles. The number of alkyl carbamates (subject to hydrolysis) is 1. The fourth-order valence-electron chi connectivity index (χ4n) is 3.95. The summed E-state index contributed by atoms with van der Waals surface area (Å²) in [6.07, 6.45) is 1.30. The summed E-state index contributed by atoms with van der Waals surface area (Å²) in [6, 6.07) is -0.117. The maximum atomic E-state index is 13.3. The monoisotopic (exact) mass is 472 g/mol. The van der Waals surface area contributed by atoms with Crippen LogP contribution in [0.3, 0.4) is 0 Å². The smallest absolute Gasteiger partial charge is 0.412 e. The summed E-state index contributed by atoms with van der Waals surface area (Å²) in [5, 5.41) is 2.91. The second-order valence-electron chi connectivity index (χ2n) is 12.6. The molecule has 0 aromatic heterocycles. The van der Waals surface area contributed by atoms with Gasteiger partial charge in [0.25, 0.3) is 0 Å². The minimum Gasteiger partial charge on any atom is -0.444 e. The lowest BCUT2D eigenvalue weighted by atomic mass is 9.78. The van der Waals surface area contributed by atoms with Crippen molar-refractivity contribution >= 4 is 21.2 Å². The molecule has 0 saturated carbocycles. The first-order valence-corrected chi connectivity index (χ1v) is 14.7. The van der Waals surface area contributed by atoms with Gasteiger partial charge in [0.1, 0.15) is 16.9 Å². The van der Waals surface area contributed by atoms with Gasteiger partial charge in [0.2, 0.25) is 0 Å². The first-order valence-electron chi connectivity index (χ1n) is 11.9. The van der Waals surface area contributed by atoms with E-state index >= 15 is 0 Å². The molecule has 2 amide bonds. The number of carbonyl (C=O) groups excluding carboxylic acids is 2. The van der Waals surface area contributed by atoms with Crippen molar-refractivity contribution in [2.24, 2.45) is 11.3 Å². The number of hydrogen-bond acceptors (Lipinski definition) is 5. The highest BCUT2D eigenvalue weighted by Gasteiger charge is 2.52. The van der Waals surface area contributed by atoms with Gasteiger partial charge in [-0.2, -0.15) is 0 Å². The number of nitrogens with zero attached hydrogens (tertiary/aromatic N) is 1. The van der Waals surface area contributed by atoms with E-state index in [0.29, 0.717) is 19.4 Å². The molecule has 32 heavy (non-hydrogen) atoms. The minimum atomic E-state index is -1.49. The molecule has 1 heterocycles. The van der Waals surface area contributed by atoms with Crippen molar-refractivity contribution in [3.63, 3.8) is 0 Å². The third kappa shape index (κ3) is 9.30. The maximum Gasteiger partial charge on any atom is 0.412 e. The van der Waals surface area contributed by atoms with Crippen LogP contribution in [0.15, 0.2) is 0 Å². The van der Waals surface area contributed by atoms with Gasteiger partial charge in [0, 0.05) is 12.6 Å². The normalized spacial score (nSPS) is 23.3. The molecule has 1 saturated heterocycles. The van der Waals surface area contributed by atoms with Crippen molar-refractivity contribution in [3.05, 3.63) is 0 Å². The molecule has 3 atom stereocenters. The Balaban J connectivity index is 3.10. The van der Waals surface area contributed by atoms with Gasteiger partial charge in [-0.25, -0.2) is 9.59 Å². The largest absolute Gasteiger partial charge is 0.444 e. The zero-order chi connectivity index (χ0) is 25.1. The summed E-state index contributed by atoms with van der Waals surface area (Å²) in [4.78, 5) is 27.3. The quantitative estimate of drug-likeness (QED) is 0.503. The van der Waals surface area contributed by atoms with Crippen LogP contribution in [-0.2, 0) is 13.9 Å². The SMILES string of the molecule is CC(CC[C@@]1(O[SiH](C)C)C[C@H](C(C)(C)C)CN1C(=O)OC(C)(C)C)NC(=O)OC(C)(C)C. The highest BCUT2D eigenvalue weighted by Crippen LogP contribution is 2.46. The van der Waals surface area contributed by atoms with Crippen molar-refractivity contribution in [2.45, 2.75) is 125 Å². The molecule has 188 valence electrons. The molecule has 1 fully saturated rings. The first-order chi connectivity index (χ1) is 14.2. The van der Waals surface area contributed by atoms with E-state index in [4.69, 9.17) is 13.9 Å². The zero-order valence-electron chi connectivity index (χ0n) is 22.5. The van der Waals surface area contributed by atoms with E-state index in [2.05, 4.69) is 39.2 Å². The standard InChI is InChI=1S/C24H48N2O5Si/c1-17(25-19(27)29-22(5,6)7)13-14-24(31-32(11)12)15-18(21(2,3)4)16-26(24)20(28)30-23(8,9)10/h17-18,32H,13-16H2,1-12H3,(H,25,27)/t17?,18-,24+/m0/s1. The van der Waals surface area contributed by atoms with Crippen molar-refractivity contribution < 1.29 is 23.5 Å². The molecular weight excluding hydrogens is 424 g/mol. The molecule has 7 nitrogen and oxygen atoms in total. The van der Waals surface area contributed by atoms with Gasteiger partial charge in [0.05, 0.1) is 0 Å². The summed E-state index contributed by atoms with van der Waals surface area (Å²) in [6.45, 7) is 24.6. The zero-order valence-corrected chi connectivity index (χ0v) is 23.7. The molecule has 0 radical (unpaired) electrons. The number of carbonyl (C=O) groups is 2. The predicted octanol–water partition coefficient (Wildman–Crippen LogP) is 5.68. The number of ether oxygens (including phenoxy) is 2. The topological polar surface area (TPSA) is 77.1 Å². The van der Waals surface area contributed by atoms with E-state index in [-0.39, 0.29) is 23.5 Å². The Bertz CT molecular complexity index is 648. The molecule has 0 aromatic carbocycles. The second kappa shape index (κ2) is 10.3. The average Bonchev–Trinajstić information content (AvgIpc) is 2.88. The van der Waals surface area contributed by atoms with Crippen molar-refractivity contribution in [3.8, 4) is 0 Å². The van der Waals surface area contributed by atoms with Crippen molar-refractivity contribution in [1.82, 2.24) is 10.2 Å². The Kier molecular flexibility index (Phi) is 9.28. The van der Waals surface area contributed by atoms with Crippen LogP contribution < -0.4 is 5.32 Å². The molecule has 1 rings (SSSR count). The van der Waals surface area contributed by atoms with Crippen LogP contribution in [0.25, 0.3) is 0 Å². The third-order valence-corrected chi connectivity index (χ3v) is 6.40. The first kappa shape index (κ1) is 28.7. The second-order valence-corrected chi connectivity index (χ2v) is 14.9. The minimum absolute atomic E-state index is 0.0320. The molecule has 1 unspecified atom stereocenters. The van der Waals surface area contributed by atoms with Gasteiger partial charge in [-0.3, -0.25) is 4.90 Å². The Morgan fingerprint density at radius 2 is 1.56 bits per heavy atom. The van der Waals surface area contributed by atoms with Crippen LogP contribution in [0.2, 0.25) is 13.1 Å². The highest BCUT2D eigenvalue weighted by molar-refractivity contribution is 6.48. The van der Waals surface area contributed by atoms with Gasteiger partial charge in [-0.15, -0.1) is 0 Å². The average molecular weight is 473 g/mol. The van der Waals surface area contributed by atoms with Crippen LogP contribution in [0.1, 0.15) is 88.5 Å². The van der Waals surface area contributed by atoms with E-state index in [1.807, 2.05) is 53.4 Å². The van der Waals surface area contributed by atoms with E-state index in [9.17, 15) is 9.59 Å².